The van der Waals surface area contributed by atoms with Gasteiger partial charge < -0.3 is 21.7 Å². The molecule has 2 heterocycles. The summed E-state index contributed by atoms with van der Waals surface area (Å²) in [5, 5.41) is 26.1. The first-order valence-corrected chi connectivity index (χ1v) is 9.26. The molecule has 1 amide bonds. The molecule has 5 N–H and O–H groups in total. The van der Waals surface area contributed by atoms with Crippen LogP contribution in [0.3, 0.4) is 0 Å². The predicted octanol–water partition coefficient (Wildman–Crippen LogP) is 1.31. The molecular formula is C18H23N9O. The lowest BCUT2D eigenvalue weighted by molar-refractivity contribution is 0.0950. The molecule has 2 aromatic heterocycles. The Morgan fingerprint density at radius 1 is 1.21 bits per heavy atom. The van der Waals surface area contributed by atoms with E-state index in [1.54, 1.807) is 6.07 Å². The zero-order chi connectivity index (χ0) is 19.9. The van der Waals surface area contributed by atoms with Crippen LogP contribution in [0.4, 0.5) is 17.3 Å². The first kappa shape index (κ1) is 19.4. The van der Waals surface area contributed by atoms with Gasteiger partial charge in [-0.1, -0.05) is 0 Å². The van der Waals surface area contributed by atoms with Gasteiger partial charge in [-0.25, -0.2) is 9.97 Å². The highest BCUT2D eigenvalue weighted by Crippen LogP contribution is 2.25. The predicted molar refractivity (Wildman–Crippen MR) is 104 cm³/mol. The summed E-state index contributed by atoms with van der Waals surface area (Å²) in [7, 11) is 0. The van der Waals surface area contributed by atoms with Gasteiger partial charge in [-0.3, -0.25) is 4.79 Å². The zero-order valence-electron chi connectivity index (χ0n) is 15.6. The minimum absolute atomic E-state index is 0.222. The van der Waals surface area contributed by atoms with E-state index in [4.69, 9.17) is 11.0 Å². The Labute approximate surface area is 163 Å². The van der Waals surface area contributed by atoms with Crippen molar-refractivity contribution in [2.75, 3.05) is 17.2 Å². The second kappa shape index (κ2) is 9.05. The molecule has 1 saturated carbocycles. The molecule has 0 unspecified atom stereocenters. The van der Waals surface area contributed by atoms with Crippen molar-refractivity contribution in [3.8, 4) is 6.07 Å². The van der Waals surface area contributed by atoms with E-state index in [-0.39, 0.29) is 29.4 Å². The number of nitriles is 1. The van der Waals surface area contributed by atoms with Crippen molar-refractivity contribution in [1.29, 1.82) is 5.26 Å². The molecule has 2 aromatic rings. The van der Waals surface area contributed by atoms with Gasteiger partial charge in [0.05, 0.1) is 18.1 Å². The molecular weight excluding hydrogens is 358 g/mol. The maximum absolute atomic E-state index is 12.4. The van der Waals surface area contributed by atoms with Crippen LogP contribution >= 0.6 is 0 Å². The van der Waals surface area contributed by atoms with Gasteiger partial charge in [0.15, 0.2) is 17.2 Å². The molecule has 0 aromatic carbocycles. The van der Waals surface area contributed by atoms with E-state index in [0.29, 0.717) is 23.9 Å². The number of nitrogens with one attached hydrogen (secondary N) is 3. The number of amides is 1. The smallest absolute Gasteiger partial charge is 0.273 e. The van der Waals surface area contributed by atoms with Crippen LogP contribution in [-0.2, 0) is 0 Å². The van der Waals surface area contributed by atoms with Crippen LogP contribution in [0, 0.1) is 11.3 Å². The van der Waals surface area contributed by atoms with E-state index in [2.05, 4.69) is 36.1 Å². The Morgan fingerprint density at radius 2 is 2.00 bits per heavy atom. The first-order chi connectivity index (χ1) is 13.6. The van der Waals surface area contributed by atoms with Crippen LogP contribution in [0.15, 0.2) is 18.5 Å². The van der Waals surface area contributed by atoms with Gasteiger partial charge in [-0.05, 0) is 32.6 Å². The number of anilines is 3. The van der Waals surface area contributed by atoms with Gasteiger partial charge in [0.1, 0.15) is 11.9 Å². The monoisotopic (exact) mass is 381 g/mol. The number of hydrogen-bond donors (Lipinski definition) is 4. The lowest BCUT2D eigenvalue weighted by atomic mass is 9.91. The third kappa shape index (κ3) is 4.89. The maximum atomic E-state index is 12.4. The third-order valence-electron chi connectivity index (χ3n) is 4.50. The summed E-state index contributed by atoms with van der Waals surface area (Å²) in [4.78, 5) is 20.4. The Bertz CT molecular complexity index is 854. The second-order valence-corrected chi connectivity index (χ2v) is 6.63. The molecule has 28 heavy (non-hydrogen) atoms. The summed E-state index contributed by atoms with van der Waals surface area (Å²) < 4.78 is 0. The van der Waals surface area contributed by atoms with Gasteiger partial charge in [-0.15, -0.1) is 10.2 Å². The lowest BCUT2D eigenvalue weighted by Gasteiger charge is -2.28. The summed E-state index contributed by atoms with van der Waals surface area (Å²) in [6.45, 7) is 2.35. The fraction of sp³-hybridized carbons (Fsp3) is 0.444. The third-order valence-corrected chi connectivity index (χ3v) is 4.50. The zero-order valence-corrected chi connectivity index (χ0v) is 15.6. The molecule has 0 atom stereocenters. The van der Waals surface area contributed by atoms with Crippen molar-refractivity contribution in [1.82, 2.24) is 25.5 Å². The van der Waals surface area contributed by atoms with Crippen molar-refractivity contribution in [2.45, 2.75) is 44.7 Å². The van der Waals surface area contributed by atoms with E-state index in [0.717, 1.165) is 25.7 Å². The Hall–Kier alpha value is -3.32. The fourth-order valence-electron chi connectivity index (χ4n) is 3.04. The second-order valence-electron chi connectivity index (χ2n) is 6.63. The van der Waals surface area contributed by atoms with Crippen LogP contribution < -0.4 is 21.7 Å². The van der Waals surface area contributed by atoms with Gasteiger partial charge >= 0.3 is 0 Å². The average molecular weight is 381 g/mol. The van der Waals surface area contributed by atoms with Crippen molar-refractivity contribution >= 4 is 23.2 Å². The highest BCUT2D eigenvalue weighted by Gasteiger charge is 2.22. The highest BCUT2D eigenvalue weighted by molar-refractivity contribution is 5.97. The number of hydrogen-bond acceptors (Lipinski definition) is 9. The standard InChI is InChI=1S/C18H23N9O/c1-2-21-18(28)17-14(24-12-5-3-11(20)4-6-12)7-15(26-27-17)25-16-10-22-13(8-19)9-23-16/h7,9-12H,2-6,20H2,1H3,(H,21,28)(H2,23,24,25,26). The summed E-state index contributed by atoms with van der Waals surface area (Å²) in [6, 6.07) is 4.10. The van der Waals surface area contributed by atoms with Gasteiger partial charge in [0.2, 0.25) is 0 Å². The van der Waals surface area contributed by atoms with Crippen LogP contribution in [0.1, 0.15) is 48.8 Å². The molecule has 1 aliphatic rings. The minimum atomic E-state index is -0.283. The van der Waals surface area contributed by atoms with E-state index in [1.807, 2.05) is 13.0 Å². The molecule has 10 nitrogen and oxygen atoms in total. The Balaban J connectivity index is 1.81. The Morgan fingerprint density at radius 3 is 2.64 bits per heavy atom. The van der Waals surface area contributed by atoms with Gasteiger partial charge in [0, 0.05) is 24.7 Å². The van der Waals surface area contributed by atoms with E-state index in [9.17, 15) is 4.79 Å². The molecule has 1 fully saturated rings. The molecule has 0 radical (unpaired) electrons. The largest absolute Gasteiger partial charge is 0.380 e. The molecule has 1 aliphatic carbocycles. The lowest BCUT2D eigenvalue weighted by Crippen LogP contribution is -2.34. The fourth-order valence-corrected chi connectivity index (χ4v) is 3.04. The van der Waals surface area contributed by atoms with Crippen molar-refractivity contribution in [2.24, 2.45) is 5.73 Å². The molecule has 0 spiro atoms. The number of aromatic nitrogens is 4. The maximum Gasteiger partial charge on any atom is 0.273 e. The van der Waals surface area contributed by atoms with Crippen LogP contribution in [0.25, 0.3) is 0 Å². The SMILES string of the molecule is CCNC(=O)c1nnc(Nc2cnc(C#N)cn2)cc1NC1CCC(N)CC1. The van der Waals surface area contributed by atoms with Crippen LogP contribution in [0.5, 0.6) is 0 Å². The number of nitrogens with zero attached hydrogens (tertiary/aromatic N) is 5. The van der Waals surface area contributed by atoms with Gasteiger partial charge in [-0.2, -0.15) is 5.26 Å². The van der Waals surface area contributed by atoms with E-state index in [1.165, 1.54) is 12.4 Å². The van der Waals surface area contributed by atoms with E-state index < -0.39 is 0 Å². The number of rotatable bonds is 6. The van der Waals surface area contributed by atoms with Crippen molar-refractivity contribution < 1.29 is 4.79 Å². The first-order valence-electron chi connectivity index (χ1n) is 9.26. The normalized spacial score (nSPS) is 18.8. The minimum Gasteiger partial charge on any atom is -0.380 e. The highest BCUT2D eigenvalue weighted by atomic mass is 16.1. The number of nitrogens with two attached hydrogens (primary N) is 1. The molecule has 0 saturated heterocycles. The van der Waals surface area contributed by atoms with Crippen molar-refractivity contribution in [3.63, 3.8) is 0 Å². The van der Waals surface area contributed by atoms with Gasteiger partial charge in [0.25, 0.3) is 5.91 Å². The number of carbonyl (C=O) groups excluding carboxylic acids is 1. The van der Waals surface area contributed by atoms with Crippen LogP contribution in [0.2, 0.25) is 0 Å². The quantitative estimate of drug-likeness (QED) is 0.579. The topological polar surface area (TPSA) is 155 Å². The average Bonchev–Trinajstić information content (AvgIpc) is 2.71. The summed E-state index contributed by atoms with van der Waals surface area (Å²) >= 11 is 0. The molecule has 3 rings (SSSR count). The molecule has 146 valence electrons. The molecule has 0 aliphatic heterocycles. The van der Waals surface area contributed by atoms with E-state index >= 15 is 0 Å². The molecule has 10 heteroatoms. The summed E-state index contributed by atoms with van der Waals surface area (Å²) in [5.74, 6) is 0.561. The molecule has 0 bridgehead atoms. The van der Waals surface area contributed by atoms with Crippen LogP contribution in [-0.4, -0.2) is 44.7 Å². The number of carbonyl (C=O) groups is 1. The summed E-state index contributed by atoms with van der Waals surface area (Å²) in [5.41, 5.74) is 7.05. The van der Waals surface area contributed by atoms with Crippen molar-refractivity contribution in [3.05, 3.63) is 29.8 Å². The summed E-state index contributed by atoms with van der Waals surface area (Å²) in [6.07, 6.45) is 6.55. The Kier molecular flexibility index (Phi) is 6.29.